The monoisotopic (exact) mass is 83.0 g/mol. The number of hydrogen-bond donors (Lipinski definition) is 1. The Kier molecular flexibility index (Phi) is 9.28. The molecule has 1 N–H and O–H groups in total. The molecule has 0 aromatic rings. The molecule has 1 atom stereocenters. The van der Waals surface area contributed by atoms with Crippen LogP contribution in [0.2, 0.25) is 0 Å². The van der Waals surface area contributed by atoms with Gasteiger partial charge in [-0.05, 0) is 13.8 Å². The van der Waals surface area contributed by atoms with Crippen LogP contribution in [0.1, 0.15) is 6.92 Å². The molecule has 0 amide bonds. The van der Waals surface area contributed by atoms with E-state index in [1.54, 1.807) is 6.92 Å². The predicted molar refractivity (Wildman–Crippen MR) is 24.2 cm³/mol. The predicted octanol–water partition coefficient (Wildman–Crippen LogP) is -0.447. The zero-order valence-electron chi connectivity index (χ0n) is 2.73. The summed E-state index contributed by atoms with van der Waals surface area (Å²) in [5.74, 6) is 0. The van der Waals surface area contributed by atoms with Crippen LogP contribution in [0.5, 0.6) is 0 Å². The van der Waals surface area contributed by atoms with Crippen LogP contribution in [-0.4, -0.2) is 40.8 Å². The molecule has 0 aromatic heterocycles. The van der Waals surface area contributed by atoms with Crippen molar-refractivity contribution in [3.05, 3.63) is 6.92 Å². The summed E-state index contributed by atoms with van der Waals surface area (Å²) in [5, 5.41) is 7.94. The van der Waals surface area contributed by atoms with Crippen molar-refractivity contribution < 1.29 is 5.11 Å². The average molecular weight is 83.1 g/mol. The second-order valence-electron chi connectivity index (χ2n) is 0.849. The molecule has 0 bridgehead atoms. The zero-order valence-corrected chi connectivity index (χ0v) is 2.73. The van der Waals surface area contributed by atoms with Gasteiger partial charge in [-0.15, -0.1) is 0 Å². The second-order valence-corrected chi connectivity index (χ2v) is 0.849. The topological polar surface area (TPSA) is 20.2 Å². The molecule has 0 saturated heterocycles. The Morgan fingerprint density at radius 1 is 1.80 bits per heavy atom. The first-order valence-electron chi connectivity index (χ1n) is 1.24. The van der Waals surface area contributed by atoms with Crippen LogP contribution in [0.15, 0.2) is 0 Å². The van der Waals surface area contributed by atoms with Crippen LogP contribution < -0.4 is 0 Å². The van der Waals surface area contributed by atoms with E-state index in [9.17, 15) is 0 Å². The molecule has 1 unspecified atom stereocenters. The Morgan fingerprint density at radius 2 is 1.80 bits per heavy atom. The molecule has 1 radical (unpaired) electrons. The number of aliphatic hydroxyl groups is 1. The van der Waals surface area contributed by atoms with Gasteiger partial charge in [0.05, 0.1) is 6.10 Å². The first-order valence-corrected chi connectivity index (χ1v) is 1.24. The Bertz CT molecular complexity index is 11.6. The molecular formula is C3H8NaO. The normalized spacial score (nSPS) is 7.20. The van der Waals surface area contributed by atoms with Crippen LogP contribution in [0.4, 0.5) is 0 Å². The van der Waals surface area contributed by atoms with Gasteiger partial charge >= 0.3 is 29.6 Å². The van der Waals surface area contributed by atoms with E-state index in [4.69, 9.17) is 5.11 Å². The third-order valence-electron chi connectivity index (χ3n) is 0. The standard InChI is InChI=1S/C3H7O.Na.H/c1-3(2)4;;/h3-4H,1H2,2H3;;. The van der Waals surface area contributed by atoms with Gasteiger partial charge in [0.15, 0.2) is 0 Å². The van der Waals surface area contributed by atoms with Crippen molar-refractivity contribution in [3.63, 3.8) is 0 Å². The van der Waals surface area contributed by atoms with Crippen LogP contribution in [0.25, 0.3) is 0 Å². The van der Waals surface area contributed by atoms with E-state index in [1.807, 2.05) is 0 Å². The van der Waals surface area contributed by atoms with Gasteiger partial charge in [-0.2, -0.15) is 0 Å². The first kappa shape index (κ1) is 9.35. The average Bonchev–Trinajstić information content (AvgIpc) is 0.811. The molecule has 27 valence electrons. The van der Waals surface area contributed by atoms with Crippen molar-refractivity contribution in [2.24, 2.45) is 0 Å². The van der Waals surface area contributed by atoms with Gasteiger partial charge in [0.2, 0.25) is 0 Å². The van der Waals surface area contributed by atoms with Gasteiger partial charge in [0.1, 0.15) is 0 Å². The van der Waals surface area contributed by atoms with Crippen LogP contribution in [0, 0.1) is 6.92 Å². The summed E-state index contributed by atoms with van der Waals surface area (Å²) in [6, 6.07) is 0. The van der Waals surface area contributed by atoms with E-state index < -0.39 is 6.10 Å². The van der Waals surface area contributed by atoms with E-state index in [1.165, 1.54) is 0 Å². The maximum atomic E-state index is 7.94. The molecule has 0 aromatic carbocycles. The molecule has 0 aliphatic heterocycles. The minimum absolute atomic E-state index is 0. The van der Waals surface area contributed by atoms with E-state index in [0.717, 1.165) is 0 Å². The summed E-state index contributed by atoms with van der Waals surface area (Å²) in [5.41, 5.74) is 0. The molecule has 0 saturated carbocycles. The molecule has 0 aliphatic rings. The van der Waals surface area contributed by atoms with Crippen molar-refractivity contribution in [2.45, 2.75) is 13.0 Å². The first-order chi connectivity index (χ1) is 1.73. The van der Waals surface area contributed by atoms with Crippen LogP contribution >= 0.6 is 0 Å². The summed E-state index contributed by atoms with van der Waals surface area (Å²) in [6.45, 7) is 4.81. The number of aliphatic hydroxyl groups excluding tert-OH is 1. The van der Waals surface area contributed by atoms with E-state index in [0.29, 0.717) is 0 Å². The third kappa shape index (κ3) is 47.2. The summed E-state index contributed by atoms with van der Waals surface area (Å²) in [6.07, 6.45) is -0.417. The summed E-state index contributed by atoms with van der Waals surface area (Å²) < 4.78 is 0. The fourth-order valence-corrected chi connectivity index (χ4v) is 0. The van der Waals surface area contributed by atoms with Crippen molar-refractivity contribution in [1.82, 2.24) is 0 Å². The molecule has 5 heavy (non-hydrogen) atoms. The summed E-state index contributed by atoms with van der Waals surface area (Å²) >= 11 is 0. The fraction of sp³-hybridized carbons (Fsp3) is 0.667. The second kappa shape index (κ2) is 4.96. The fourth-order valence-electron chi connectivity index (χ4n) is 0. The zero-order chi connectivity index (χ0) is 3.58. The molecule has 0 spiro atoms. The van der Waals surface area contributed by atoms with Gasteiger partial charge in [0.25, 0.3) is 0 Å². The van der Waals surface area contributed by atoms with Gasteiger partial charge in [-0.3, -0.25) is 0 Å². The van der Waals surface area contributed by atoms with Crippen LogP contribution in [-0.2, 0) is 0 Å². The van der Waals surface area contributed by atoms with Crippen LogP contribution in [0.3, 0.4) is 0 Å². The molecule has 1 nitrogen and oxygen atoms in total. The minimum atomic E-state index is -0.417. The van der Waals surface area contributed by atoms with Crippen molar-refractivity contribution >= 4 is 29.6 Å². The third-order valence-corrected chi connectivity index (χ3v) is 0. The molecule has 0 aliphatic carbocycles. The van der Waals surface area contributed by atoms with E-state index >= 15 is 0 Å². The van der Waals surface area contributed by atoms with Gasteiger partial charge in [0, 0.05) is 0 Å². The molecule has 0 rings (SSSR count). The van der Waals surface area contributed by atoms with Crippen molar-refractivity contribution in [2.75, 3.05) is 0 Å². The van der Waals surface area contributed by atoms with E-state index in [2.05, 4.69) is 6.92 Å². The van der Waals surface area contributed by atoms with Gasteiger partial charge in [-0.1, -0.05) is 0 Å². The Morgan fingerprint density at radius 3 is 1.80 bits per heavy atom. The summed E-state index contributed by atoms with van der Waals surface area (Å²) in [7, 11) is 0. The molecular weight excluding hydrogens is 75.0 g/mol. The Labute approximate surface area is 54.7 Å². The Balaban J connectivity index is 0. The maximum absolute atomic E-state index is 7.94. The van der Waals surface area contributed by atoms with Gasteiger partial charge < -0.3 is 5.11 Å². The number of rotatable bonds is 0. The van der Waals surface area contributed by atoms with Gasteiger partial charge in [-0.25, -0.2) is 0 Å². The van der Waals surface area contributed by atoms with Crippen molar-refractivity contribution in [3.8, 4) is 0 Å². The van der Waals surface area contributed by atoms with E-state index in [-0.39, 0.29) is 29.6 Å². The molecule has 0 heterocycles. The quantitative estimate of drug-likeness (QED) is 0.393. The Hall–Kier alpha value is 0.960. The molecule has 0 fully saturated rings. The summed E-state index contributed by atoms with van der Waals surface area (Å²) in [4.78, 5) is 0. The van der Waals surface area contributed by atoms with Crippen molar-refractivity contribution in [1.29, 1.82) is 0 Å². The number of hydrogen-bond acceptors (Lipinski definition) is 1. The SMILES string of the molecule is [CH2]C(C)O.[NaH]. The molecule has 2 heteroatoms.